The van der Waals surface area contributed by atoms with Gasteiger partial charge in [0.25, 0.3) is 11.8 Å². The Labute approximate surface area is 200 Å². The lowest BCUT2D eigenvalue weighted by Crippen LogP contribution is -2.45. The van der Waals surface area contributed by atoms with E-state index in [1.54, 1.807) is 0 Å². The van der Waals surface area contributed by atoms with E-state index in [-0.39, 0.29) is 38.3 Å². The van der Waals surface area contributed by atoms with Gasteiger partial charge in [-0.15, -0.1) is 5.06 Å². The van der Waals surface area contributed by atoms with Crippen molar-refractivity contribution in [2.24, 2.45) is 0 Å². The van der Waals surface area contributed by atoms with Gasteiger partial charge in [0.05, 0.1) is 0 Å². The summed E-state index contributed by atoms with van der Waals surface area (Å²) in [5.74, 6) is -2.37. The summed E-state index contributed by atoms with van der Waals surface area (Å²) in [5.41, 5.74) is 4.16. The lowest BCUT2D eigenvalue weighted by Gasteiger charge is -2.23. The average molecular weight is 478 g/mol. The summed E-state index contributed by atoms with van der Waals surface area (Å²) >= 11 is 0. The smallest absolute Gasteiger partial charge is 0.433 e. The molecular weight excluding hydrogens is 456 g/mol. The molecule has 1 atom stereocenters. The number of carbonyl (C=O) groups excluding carboxylic acids is 5. The summed E-state index contributed by atoms with van der Waals surface area (Å²) in [6.07, 6.45) is -1.60. The Hall–Kier alpha value is -4.21. The summed E-state index contributed by atoms with van der Waals surface area (Å²) < 4.78 is 10.1. The monoisotopic (exact) mass is 478 g/mol. The Morgan fingerprint density at radius 1 is 0.886 bits per heavy atom. The number of amides is 3. The minimum atomic E-state index is -1.18. The first-order valence-corrected chi connectivity index (χ1v) is 11.3. The molecule has 2 aromatic rings. The first-order chi connectivity index (χ1) is 16.9. The number of ether oxygens (including phenoxy) is 2. The number of hydrogen-bond donors (Lipinski definition) is 0. The van der Waals surface area contributed by atoms with E-state index in [0.717, 1.165) is 27.2 Å². The van der Waals surface area contributed by atoms with Gasteiger partial charge < -0.3 is 14.3 Å². The average Bonchev–Trinajstić information content (AvgIpc) is 3.55. The van der Waals surface area contributed by atoms with Crippen LogP contribution in [0.15, 0.2) is 48.5 Å². The number of carbonyl (C=O) groups is 5. The van der Waals surface area contributed by atoms with E-state index in [2.05, 4.69) is 0 Å². The quantitative estimate of drug-likeness (QED) is 0.374. The highest BCUT2D eigenvalue weighted by Gasteiger charge is 2.41. The van der Waals surface area contributed by atoms with Gasteiger partial charge in [-0.05, 0) is 35.1 Å². The van der Waals surface area contributed by atoms with E-state index in [0.29, 0.717) is 11.5 Å². The summed E-state index contributed by atoms with van der Waals surface area (Å²) in [4.78, 5) is 66.7. The fourth-order valence-electron chi connectivity index (χ4n) is 4.79. The molecule has 3 aliphatic rings. The number of benzene rings is 2. The summed E-state index contributed by atoms with van der Waals surface area (Å²) in [6.45, 7) is 0.127. The third kappa shape index (κ3) is 4.23. The third-order valence-electron chi connectivity index (χ3n) is 6.45. The largest absolute Gasteiger partial charge is 0.517 e. The van der Waals surface area contributed by atoms with Crippen molar-refractivity contribution in [1.82, 2.24) is 9.96 Å². The second-order valence-corrected chi connectivity index (χ2v) is 8.50. The van der Waals surface area contributed by atoms with Gasteiger partial charge >= 0.3 is 18.2 Å². The highest BCUT2D eigenvalue weighted by molar-refractivity contribution is 6.02. The Bertz CT molecular complexity index is 1160. The molecule has 1 aliphatic carbocycles. The van der Waals surface area contributed by atoms with E-state index >= 15 is 0 Å². The fourth-order valence-corrected chi connectivity index (χ4v) is 4.79. The van der Waals surface area contributed by atoms with Crippen LogP contribution < -0.4 is 0 Å². The van der Waals surface area contributed by atoms with Crippen molar-refractivity contribution in [3.63, 3.8) is 0 Å². The molecule has 2 saturated heterocycles. The van der Waals surface area contributed by atoms with Crippen LogP contribution in [-0.2, 0) is 28.7 Å². The SMILES string of the molecule is O=C(OCC1c2ccccc2-c2ccccc21)OC(=O)N1CCC[C@H]1C(=O)ON1C(=O)CCC1=O. The van der Waals surface area contributed by atoms with E-state index in [4.69, 9.17) is 14.3 Å². The number of likely N-dealkylation sites (tertiary alicyclic amines) is 1. The zero-order valence-electron chi connectivity index (χ0n) is 18.7. The molecule has 0 aromatic heterocycles. The fraction of sp³-hybridized carbons (Fsp3) is 0.320. The Balaban J connectivity index is 1.19. The predicted molar refractivity (Wildman–Crippen MR) is 118 cm³/mol. The van der Waals surface area contributed by atoms with Gasteiger partial charge in [-0.25, -0.2) is 14.4 Å². The summed E-state index contributed by atoms with van der Waals surface area (Å²) in [5, 5.41) is 0.426. The van der Waals surface area contributed by atoms with Gasteiger partial charge in [-0.1, -0.05) is 48.5 Å². The van der Waals surface area contributed by atoms with Crippen LogP contribution in [0, 0.1) is 0 Å². The third-order valence-corrected chi connectivity index (χ3v) is 6.45. The molecule has 0 N–H and O–H groups in total. The zero-order valence-corrected chi connectivity index (χ0v) is 18.7. The standard InChI is InChI=1S/C25H22N2O8/c28-21-11-12-22(29)27(21)35-23(30)20-10-5-13-26(20)24(31)34-25(32)33-14-19-17-8-3-1-6-15(17)16-7-2-4-9-18(16)19/h1-4,6-9,19-20H,5,10-14H2/t20-/m0/s1. The zero-order chi connectivity index (χ0) is 24.5. The van der Waals surface area contributed by atoms with E-state index in [9.17, 15) is 24.0 Å². The number of nitrogens with zero attached hydrogens (tertiary/aromatic N) is 2. The van der Waals surface area contributed by atoms with E-state index in [1.807, 2.05) is 48.5 Å². The molecule has 35 heavy (non-hydrogen) atoms. The van der Waals surface area contributed by atoms with Crippen LogP contribution in [0.4, 0.5) is 9.59 Å². The van der Waals surface area contributed by atoms with Crippen LogP contribution in [0.5, 0.6) is 0 Å². The van der Waals surface area contributed by atoms with Crippen molar-refractivity contribution < 1.29 is 38.3 Å². The topological polar surface area (TPSA) is 120 Å². The molecule has 0 radical (unpaired) electrons. The lowest BCUT2D eigenvalue weighted by atomic mass is 9.98. The molecule has 0 saturated carbocycles. The Kier molecular flexibility index (Phi) is 5.94. The molecule has 10 heteroatoms. The number of rotatable bonds is 4. The molecular formula is C25H22N2O8. The van der Waals surface area contributed by atoms with Gasteiger partial charge in [-0.2, -0.15) is 0 Å². The van der Waals surface area contributed by atoms with Gasteiger partial charge in [-0.3, -0.25) is 14.5 Å². The predicted octanol–water partition coefficient (Wildman–Crippen LogP) is 3.14. The Morgan fingerprint density at radius 2 is 1.49 bits per heavy atom. The molecule has 2 fully saturated rings. The molecule has 2 aliphatic heterocycles. The van der Waals surface area contributed by atoms with Crippen LogP contribution >= 0.6 is 0 Å². The van der Waals surface area contributed by atoms with Crippen LogP contribution in [0.1, 0.15) is 42.7 Å². The van der Waals surface area contributed by atoms with E-state index < -0.39 is 36.1 Å². The molecule has 0 spiro atoms. The van der Waals surface area contributed by atoms with Gasteiger partial charge in [0.15, 0.2) is 0 Å². The maximum Gasteiger partial charge on any atom is 0.517 e. The molecule has 0 unspecified atom stereocenters. The maximum absolute atomic E-state index is 12.6. The van der Waals surface area contributed by atoms with Crippen molar-refractivity contribution in [2.75, 3.05) is 13.2 Å². The lowest BCUT2D eigenvalue weighted by molar-refractivity contribution is -0.200. The first-order valence-electron chi connectivity index (χ1n) is 11.3. The second kappa shape index (κ2) is 9.21. The first kappa shape index (κ1) is 22.6. The minimum Gasteiger partial charge on any atom is -0.433 e. The molecule has 3 amide bonds. The van der Waals surface area contributed by atoms with Gasteiger partial charge in [0, 0.05) is 25.3 Å². The highest BCUT2D eigenvalue weighted by Crippen LogP contribution is 2.44. The van der Waals surface area contributed by atoms with Crippen LogP contribution in [-0.4, -0.2) is 59.2 Å². The van der Waals surface area contributed by atoms with E-state index in [1.165, 1.54) is 0 Å². The van der Waals surface area contributed by atoms with Crippen LogP contribution in [0.25, 0.3) is 11.1 Å². The van der Waals surface area contributed by atoms with Crippen molar-refractivity contribution in [1.29, 1.82) is 0 Å². The minimum absolute atomic E-state index is 0.0230. The van der Waals surface area contributed by atoms with Crippen molar-refractivity contribution in [2.45, 2.75) is 37.6 Å². The molecule has 180 valence electrons. The number of hydrogen-bond acceptors (Lipinski definition) is 8. The molecule has 2 heterocycles. The van der Waals surface area contributed by atoms with Crippen LogP contribution in [0.2, 0.25) is 0 Å². The van der Waals surface area contributed by atoms with Crippen molar-refractivity contribution in [3.05, 3.63) is 59.7 Å². The summed E-state index contributed by atoms with van der Waals surface area (Å²) in [6, 6.07) is 14.6. The van der Waals surface area contributed by atoms with Crippen molar-refractivity contribution in [3.8, 4) is 11.1 Å². The van der Waals surface area contributed by atoms with Crippen LogP contribution in [0.3, 0.4) is 0 Å². The number of fused-ring (bicyclic) bond motifs is 3. The van der Waals surface area contributed by atoms with Gasteiger partial charge in [0.2, 0.25) is 0 Å². The molecule has 10 nitrogen and oxygen atoms in total. The molecule has 5 rings (SSSR count). The molecule has 2 aromatic carbocycles. The normalized spacial score (nSPS) is 18.9. The Morgan fingerprint density at radius 3 is 2.11 bits per heavy atom. The van der Waals surface area contributed by atoms with Crippen molar-refractivity contribution >= 4 is 30.0 Å². The molecule has 0 bridgehead atoms. The highest BCUT2D eigenvalue weighted by atomic mass is 16.7. The van der Waals surface area contributed by atoms with Gasteiger partial charge in [0.1, 0.15) is 12.6 Å². The number of hydroxylamine groups is 2. The second-order valence-electron chi connectivity index (χ2n) is 8.50. The number of imide groups is 1. The summed E-state index contributed by atoms with van der Waals surface area (Å²) in [7, 11) is 0. The maximum atomic E-state index is 12.6.